The molecule has 1 amide bonds. The quantitative estimate of drug-likeness (QED) is 0.535. The summed E-state index contributed by atoms with van der Waals surface area (Å²) in [4.78, 5) is 15.9. The minimum atomic E-state index is -3.02. The van der Waals surface area contributed by atoms with Crippen LogP contribution in [-0.2, 0) is 21.1 Å². The number of hydrogen-bond acceptors (Lipinski definition) is 7. The van der Waals surface area contributed by atoms with Crippen molar-refractivity contribution in [2.45, 2.75) is 69.1 Å². The van der Waals surface area contributed by atoms with E-state index in [-0.39, 0.29) is 29.2 Å². The van der Waals surface area contributed by atoms with Gasteiger partial charge in [0, 0.05) is 29.9 Å². The van der Waals surface area contributed by atoms with Crippen LogP contribution >= 0.6 is 23.1 Å². The Hall–Kier alpha value is -1.39. The van der Waals surface area contributed by atoms with Gasteiger partial charge in [-0.3, -0.25) is 4.79 Å². The van der Waals surface area contributed by atoms with Gasteiger partial charge < -0.3 is 9.47 Å². The Morgan fingerprint density at radius 3 is 2.71 bits per heavy atom. The van der Waals surface area contributed by atoms with Crippen molar-refractivity contribution in [2.24, 2.45) is 0 Å². The van der Waals surface area contributed by atoms with Crippen molar-refractivity contribution in [2.75, 3.05) is 23.8 Å². The molecule has 1 aliphatic heterocycles. The molecule has 2 aromatic rings. The van der Waals surface area contributed by atoms with Gasteiger partial charge in [0.1, 0.15) is 5.82 Å². The van der Waals surface area contributed by atoms with Crippen LogP contribution in [0.15, 0.2) is 22.7 Å². The average Bonchev–Trinajstić information content (AvgIpc) is 3.49. The van der Waals surface area contributed by atoms with Crippen molar-refractivity contribution in [3.05, 3.63) is 28.2 Å². The summed E-state index contributed by atoms with van der Waals surface area (Å²) >= 11 is 3.16. The summed E-state index contributed by atoms with van der Waals surface area (Å²) in [5.74, 6) is 1.47. The van der Waals surface area contributed by atoms with Crippen LogP contribution in [0.25, 0.3) is 0 Å². The Bertz CT molecular complexity index is 982. The smallest absolute Gasteiger partial charge is 0.233 e. The van der Waals surface area contributed by atoms with Gasteiger partial charge in [-0.2, -0.15) is 0 Å². The van der Waals surface area contributed by atoms with Gasteiger partial charge in [0.25, 0.3) is 0 Å². The van der Waals surface area contributed by atoms with E-state index in [0.29, 0.717) is 19.0 Å². The molecule has 0 radical (unpaired) electrons. The van der Waals surface area contributed by atoms with Gasteiger partial charge in [0.05, 0.1) is 17.3 Å². The molecule has 170 valence electrons. The third-order valence-corrected chi connectivity index (χ3v) is 9.78. The summed E-state index contributed by atoms with van der Waals surface area (Å²) in [6, 6.07) is 4.36. The first-order chi connectivity index (χ1) is 15.0. The molecule has 1 saturated heterocycles. The molecule has 2 aromatic heterocycles. The molecule has 0 spiro atoms. The van der Waals surface area contributed by atoms with Gasteiger partial charge in [-0.1, -0.05) is 37.1 Å². The molecule has 2 aliphatic rings. The Morgan fingerprint density at radius 1 is 1.26 bits per heavy atom. The molecule has 1 saturated carbocycles. The lowest BCUT2D eigenvalue weighted by Gasteiger charge is -2.27. The first-order valence-corrected chi connectivity index (χ1v) is 14.7. The Balaban J connectivity index is 1.48. The number of nitrogens with zero attached hydrogens (tertiary/aromatic N) is 4. The van der Waals surface area contributed by atoms with Gasteiger partial charge in [-0.05, 0) is 37.6 Å². The molecule has 10 heteroatoms. The van der Waals surface area contributed by atoms with Crippen LogP contribution in [0.3, 0.4) is 0 Å². The second-order valence-electron chi connectivity index (χ2n) is 8.34. The molecule has 0 N–H and O–H groups in total. The highest BCUT2D eigenvalue weighted by Crippen LogP contribution is 2.33. The van der Waals surface area contributed by atoms with Gasteiger partial charge in [-0.25, -0.2) is 8.42 Å². The van der Waals surface area contributed by atoms with Crippen molar-refractivity contribution < 1.29 is 13.2 Å². The standard InChI is InChI=1S/C21H30N4O3S3/c1-2-24(17-10-12-31(27,28)15-17)20(26)14-30-21-23-22-19(13-18-9-6-11-29-18)25(21)16-7-4-3-5-8-16/h6,9,11,16-17H,2-5,7-8,10,12-15H2,1H3/t17-/m0/s1. The van der Waals surface area contributed by atoms with Gasteiger partial charge >= 0.3 is 0 Å². The van der Waals surface area contributed by atoms with E-state index in [9.17, 15) is 13.2 Å². The number of aromatic nitrogens is 3. The van der Waals surface area contributed by atoms with E-state index in [1.807, 2.05) is 6.92 Å². The predicted molar refractivity (Wildman–Crippen MR) is 124 cm³/mol. The second kappa shape index (κ2) is 10.0. The van der Waals surface area contributed by atoms with Crippen LogP contribution in [0.2, 0.25) is 0 Å². The van der Waals surface area contributed by atoms with Crippen molar-refractivity contribution in [3.63, 3.8) is 0 Å². The number of carbonyl (C=O) groups excluding carboxylic acids is 1. The number of carbonyl (C=O) groups is 1. The molecule has 4 rings (SSSR count). The van der Waals surface area contributed by atoms with Crippen LogP contribution < -0.4 is 0 Å². The van der Waals surface area contributed by atoms with Gasteiger partial charge in [0.2, 0.25) is 5.91 Å². The van der Waals surface area contributed by atoms with Gasteiger partial charge in [0.15, 0.2) is 15.0 Å². The molecule has 0 aromatic carbocycles. The fraction of sp³-hybridized carbons (Fsp3) is 0.667. The van der Waals surface area contributed by atoms with E-state index >= 15 is 0 Å². The van der Waals surface area contributed by atoms with E-state index < -0.39 is 9.84 Å². The van der Waals surface area contributed by atoms with E-state index in [1.165, 1.54) is 35.9 Å². The summed E-state index contributed by atoms with van der Waals surface area (Å²) < 4.78 is 26.0. The summed E-state index contributed by atoms with van der Waals surface area (Å²) in [5, 5.41) is 11.8. The lowest BCUT2D eigenvalue weighted by atomic mass is 9.95. The monoisotopic (exact) mass is 482 g/mol. The van der Waals surface area contributed by atoms with Crippen LogP contribution in [0.4, 0.5) is 0 Å². The number of hydrogen-bond donors (Lipinski definition) is 0. The zero-order chi connectivity index (χ0) is 21.8. The van der Waals surface area contributed by atoms with Crippen LogP contribution in [-0.4, -0.2) is 63.8 Å². The first kappa shape index (κ1) is 22.8. The SMILES string of the molecule is CCN(C(=O)CSc1nnc(Cc2cccs2)n1C1CCCCC1)[C@H]1CCS(=O)(=O)C1. The lowest BCUT2D eigenvalue weighted by molar-refractivity contribution is -0.129. The Morgan fingerprint density at radius 2 is 2.06 bits per heavy atom. The van der Waals surface area contributed by atoms with E-state index in [0.717, 1.165) is 30.2 Å². The normalized spacial score (nSPS) is 21.4. The van der Waals surface area contributed by atoms with Crippen molar-refractivity contribution in [1.82, 2.24) is 19.7 Å². The number of thioether (sulfide) groups is 1. The molecule has 2 fully saturated rings. The molecule has 0 bridgehead atoms. The summed E-state index contributed by atoms with van der Waals surface area (Å²) in [6.07, 6.45) is 7.24. The number of sulfone groups is 1. The zero-order valence-corrected chi connectivity index (χ0v) is 20.4. The highest BCUT2D eigenvalue weighted by molar-refractivity contribution is 7.99. The number of rotatable bonds is 8. The molecule has 1 atom stereocenters. The molecule has 31 heavy (non-hydrogen) atoms. The van der Waals surface area contributed by atoms with E-state index in [1.54, 1.807) is 16.2 Å². The highest BCUT2D eigenvalue weighted by Gasteiger charge is 2.34. The molecule has 3 heterocycles. The molecular formula is C21H30N4O3S3. The van der Waals surface area contributed by atoms with Crippen molar-refractivity contribution >= 4 is 38.8 Å². The molecule has 0 unspecified atom stereocenters. The highest BCUT2D eigenvalue weighted by atomic mass is 32.2. The molecule has 1 aliphatic carbocycles. The number of thiophene rings is 1. The second-order valence-corrected chi connectivity index (χ2v) is 12.5. The van der Waals surface area contributed by atoms with Gasteiger partial charge in [-0.15, -0.1) is 21.5 Å². The van der Waals surface area contributed by atoms with Crippen LogP contribution in [0.1, 0.15) is 62.2 Å². The van der Waals surface area contributed by atoms with Crippen molar-refractivity contribution in [1.29, 1.82) is 0 Å². The lowest BCUT2D eigenvalue weighted by Crippen LogP contribution is -2.42. The fourth-order valence-electron chi connectivity index (χ4n) is 4.67. The minimum Gasteiger partial charge on any atom is -0.338 e. The van der Waals surface area contributed by atoms with E-state index in [2.05, 4.69) is 32.3 Å². The maximum atomic E-state index is 13.0. The van der Waals surface area contributed by atoms with Crippen molar-refractivity contribution in [3.8, 4) is 0 Å². The fourth-order valence-corrected chi connectivity index (χ4v) is 8.01. The largest absolute Gasteiger partial charge is 0.338 e. The predicted octanol–water partition coefficient (Wildman–Crippen LogP) is 3.56. The maximum absolute atomic E-state index is 13.0. The molecular weight excluding hydrogens is 452 g/mol. The Labute approximate surface area is 192 Å². The summed E-state index contributed by atoms with van der Waals surface area (Å²) in [6.45, 7) is 2.44. The van der Waals surface area contributed by atoms with Crippen LogP contribution in [0.5, 0.6) is 0 Å². The summed E-state index contributed by atoms with van der Waals surface area (Å²) in [7, 11) is -3.02. The topological polar surface area (TPSA) is 85.2 Å². The number of amides is 1. The van der Waals surface area contributed by atoms with Crippen LogP contribution in [0, 0.1) is 0 Å². The third kappa shape index (κ3) is 5.51. The summed E-state index contributed by atoms with van der Waals surface area (Å²) in [5.41, 5.74) is 0. The average molecular weight is 483 g/mol. The maximum Gasteiger partial charge on any atom is 0.233 e. The zero-order valence-electron chi connectivity index (χ0n) is 17.9. The Kier molecular flexibility index (Phi) is 7.38. The van der Waals surface area contributed by atoms with E-state index in [4.69, 9.17) is 0 Å². The third-order valence-electron chi connectivity index (χ3n) is 6.22. The first-order valence-electron chi connectivity index (χ1n) is 11.1. The molecule has 7 nitrogen and oxygen atoms in total. The minimum absolute atomic E-state index is 0.0207.